The Morgan fingerprint density at radius 2 is 2.06 bits per heavy atom. The van der Waals surface area contributed by atoms with Crippen molar-refractivity contribution in [2.45, 2.75) is 25.3 Å². The van der Waals surface area contributed by atoms with Gasteiger partial charge in [-0.1, -0.05) is 28.1 Å². The van der Waals surface area contributed by atoms with Gasteiger partial charge in [0.15, 0.2) is 0 Å². The zero-order chi connectivity index (χ0) is 13.2. The Hall–Kier alpha value is -0.870. The van der Waals surface area contributed by atoms with Crippen molar-refractivity contribution in [2.75, 3.05) is 13.7 Å². The second kappa shape index (κ2) is 5.41. The summed E-state index contributed by atoms with van der Waals surface area (Å²) in [5.41, 5.74) is 0.163. The first-order valence-electron chi connectivity index (χ1n) is 6.16. The van der Waals surface area contributed by atoms with Gasteiger partial charge >= 0.3 is 5.97 Å². The van der Waals surface area contributed by atoms with Crippen molar-refractivity contribution in [3.63, 3.8) is 0 Å². The van der Waals surface area contributed by atoms with Crippen LogP contribution >= 0.6 is 15.9 Å². The van der Waals surface area contributed by atoms with E-state index in [9.17, 15) is 4.79 Å². The molecule has 4 heteroatoms. The zero-order valence-corrected chi connectivity index (χ0v) is 12.3. The number of carbonyl (C=O) groups is 1. The van der Waals surface area contributed by atoms with Crippen LogP contribution in [-0.2, 0) is 15.1 Å². The van der Waals surface area contributed by atoms with E-state index in [1.807, 2.05) is 31.2 Å². The Balaban J connectivity index is 2.21. The molecule has 1 atom stereocenters. The van der Waals surface area contributed by atoms with Gasteiger partial charge in [-0.25, -0.2) is 4.79 Å². The van der Waals surface area contributed by atoms with Crippen molar-refractivity contribution in [1.82, 2.24) is 5.32 Å². The van der Waals surface area contributed by atoms with Gasteiger partial charge in [-0.05, 0) is 49.9 Å². The van der Waals surface area contributed by atoms with E-state index >= 15 is 0 Å². The molecule has 0 aliphatic heterocycles. The third-order valence-electron chi connectivity index (χ3n) is 3.46. The lowest BCUT2D eigenvalue weighted by molar-refractivity contribution is -0.148. The summed E-state index contributed by atoms with van der Waals surface area (Å²) >= 11 is 3.40. The van der Waals surface area contributed by atoms with Gasteiger partial charge < -0.3 is 4.74 Å². The average Bonchev–Trinajstić information content (AvgIpc) is 3.19. The molecule has 1 aliphatic carbocycles. The number of carbonyl (C=O) groups excluding carboxylic acids is 1. The molecule has 2 rings (SSSR count). The van der Waals surface area contributed by atoms with E-state index in [2.05, 4.69) is 21.2 Å². The fraction of sp³-hybridized carbons (Fsp3) is 0.500. The highest BCUT2D eigenvalue weighted by Gasteiger charge is 2.37. The highest BCUT2D eigenvalue weighted by molar-refractivity contribution is 9.10. The SMILES string of the molecule is COC(=O)C(C)(NCC1CC1)c1ccc(Br)cc1. The number of hydrogen-bond donors (Lipinski definition) is 1. The quantitative estimate of drug-likeness (QED) is 0.850. The lowest BCUT2D eigenvalue weighted by Gasteiger charge is -2.28. The molecule has 0 spiro atoms. The predicted octanol–water partition coefficient (Wildman–Crippen LogP) is 2.84. The molecule has 1 unspecified atom stereocenters. The Morgan fingerprint density at radius 1 is 1.44 bits per heavy atom. The molecule has 1 fully saturated rings. The van der Waals surface area contributed by atoms with Crippen LogP contribution in [0.1, 0.15) is 25.3 Å². The summed E-state index contributed by atoms with van der Waals surface area (Å²) in [5, 5.41) is 3.35. The molecular formula is C14H18BrNO2. The lowest BCUT2D eigenvalue weighted by atomic mass is 9.92. The van der Waals surface area contributed by atoms with E-state index < -0.39 is 5.54 Å². The number of nitrogens with one attached hydrogen (secondary N) is 1. The maximum Gasteiger partial charge on any atom is 0.330 e. The van der Waals surface area contributed by atoms with Crippen LogP contribution in [0, 0.1) is 5.92 Å². The van der Waals surface area contributed by atoms with Crippen LogP contribution in [0.2, 0.25) is 0 Å². The first-order valence-corrected chi connectivity index (χ1v) is 6.95. The van der Waals surface area contributed by atoms with Gasteiger partial charge in [0.1, 0.15) is 5.54 Å². The van der Waals surface area contributed by atoms with Crippen molar-refractivity contribution in [1.29, 1.82) is 0 Å². The molecule has 1 aromatic rings. The second-order valence-corrected chi connectivity index (χ2v) is 5.86. The van der Waals surface area contributed by atoms with Gasteiger partial charge in [0.2, 0.25) is 0 Å². The monoisotopic (exact) mass is 311 g/mol. The summed E-state index contributed by atoms with van der Waals surface area (Å²) in [6, 6.07) is 7.77. The van der Waals surface area contributed by atoms with Gasteiger partial charge in [-0.2, -0.15) is 0 Å². The number of hydrogen-bond acceptors (Lipinski definition) is 3. The predicted molar refractivity (Wildman–Crippen MR) is 74.2 cm³/mol. The topological polar surface area (TPSA) is 38.3 Å². The van der Waals surface area contributed by atoms with E-state index in [0.717, 1.165) is 16.6 Å². The van der Waals surface area contributed by atoms with Crippen LogP contribution in [0.3, 0.4) is 0 Å². The van der Waals surface area contributed by atoms with Crippen molar-refractivity contribution in [3.8, 4) is 0 Å². The van der Waals surface area contributed by atoms with E-state index in [1.165, 1.54) is 20.0 Å². The summed E-state index contributed by atoms with van der Waals surface area (Å²) in [4.78, 5) is 12.1. The molecule has 1 saturated carbocycles. The smallest absolute Gasteiger partial charge is 0.330 e. The van der Waals surface area contributed by atoms with Gasteiger partial charge in [0.05, 0.1) is 7.11 Å². The Labute approximate surface area is 116 Å². The number of rotatable bonds is 5. The summed E-state index contributed by atoms with van der Waals surface area (Å²) < 4.78 is 5.94. The maximum atomic E-state index is 12.1. The third-order valence-corrected chi connectivity index (χ3v) is 3.99. The highest BCUT2D eigenvalue weighted by atomic mass is 79.9. The highest BCUT2D eigenvalue weighted by Crippen LogP contribution is 2.30. The molecule has 0 aromatic heterocycles. The van der Waals surface area contributed by atoms with Crippen molar-refractivity contribution in [3.05, 3.63) is 34.3 Å². The first-order chi connectivity index (χ1) is 8.56. The van der Waals surface area contributed by atoms with Crippen LogP contribution < -0.4 is 5.32 Å². The normalized spacial score (nSPS) is 18.2. The van der Waals surface area contributed by atoms with E-state index in [0.29, 0.717) is 5.92 Å². The van der Waals surface area contributed by atoms with E-state index in [4.69, 9.17) is 4.74 Å². The summed E-state index contributed by atoms with van der Waals surface area (Å²) in [7, 11) is 1.43. The minimum Gasteiger partial charge on any atom is -0.467 e. The number of ether oxygens (including phenoxy) is 1. The first kappa shape index (κ1) is 13.6. The van der Waals surface area contributed by atoms with E-state index in [-0.39, 0.29) is 5.97 Å². The number of esters is 1. The standard InChI is InChI=1S/C14H18BrNO2/c1-14(13(17)18-2,16-9-10-3-4-10)11-5-7-12(15)8-6-11/h5-8,10,16H,3-4,9H2,1-2H3. The Kier molecular flexibility index (Phi) is 4.07. The van der Waals surface area contributed by atoms with Crippen LogP contribution in [0.5, 0.6) is 0 Å². The van der Waals surface area contributed by atoms with E-state index in [1.54, 1.807) is 0 Å². The summed E-state index contributed by atoms with van der Waals surface area (Å²) in [6.45, 7) is 2.74. The number of halogens is 1. The molecule has 0 saturated heterocycles. The van der Waals surface area contributed by atoms with Crippen LogP contribution in [0.25, 0.3) is 0 Å². The molecule has 1 aromatic carbocycles. The molecule has 3 nitrogen and oxygen atoms in total. The van der Waals surface area contributed by atoms with Gasteiger partial charge in [0, 0.05) is 4.47 Å². The summed E-state index contributed by atoms with van der Waals surface area (Å²) in [6.07, 6.45) is 2.51. The van der Waals surface area contributed by atoms with Gasteiger partial charge in [-0.15, -0.1) is 0 Å². The van der Waals surface area contributed by atoms with Crippen LogP contribution in [-0.4, -0.2) is 19.6 Å². The van der Waals surface area contributed by atoms with Crippen molar-refractivity contribution >= 4 is 21.9 Å². The molecule has 18 heavy (non-hydrogen) atoms. The molecule has 0 heterocycles. The molecule has 0 amide bonds. The molecular weight excluding hydrogens is 294 g/mol. The zero-order valence-electron chi connectivity index (χ0n) is 10.7. The van der Waals surface area contributed by atoms with Crippen molar-refractivity contribution < 1.29 is 9.53 Å². The minimum absolute atomic E-state index is 0.245. The Bertz CT molecular complexity index is 428. The van der Waals surface area contributed by atoms with Crippen LogP contribution in [0.4, 0.5) is 0 Å². The summed E-state index contributed by atoms with van der Waals surface area (Å²) in [5.74, 6) is 0.468. The fourth-order valence-corrected chi connectivity index (χ4v) is 2.21. The van der Waals surface area contributed by atoms with Crippen LogP contribution in [0.15, 0.2) is 28.7 Å². The van der Waals surface area contributed by atoms with Crippen molar-refractivity contribution in [2.24, 2.45) is 5.92 Å². The molecule has 1 N–H and O–H groups in total. The molecule has 0 radical (unpaired) electrons. The second-order valence-electron chi connectivity index (χ2n) is 4.95. The largest absolute Gasteiger partial charge is 0.467 e. The Morgan fingerprint density at radius 3 is 2.56 bits per heavy atom. The fourth-order valence-electron chi connectivity index (χ4n) is 1.95. The maximum absolute atomic E-state index is 12.1. The number of benzene rings is 1. The lowest BCUT2D eigenvalue weighted by Crippen LogP contribution is -2.48. The number of methoxy groups -OCH3 is 1. The minimum atomic E-state index is -0.766. The van der Waals surface area contributed by atoms with Gasteiger partial charge in [-0.3, -0.25) is 5.32 Å². The van der Waals surface area contributed by atoms with Gasteiger partial charge in [0.25, 0.3) is 0 Å². The third kappa shape index (κ3) is 2.93. The average molecular weight is 312 g/mol. The molecule has 0 bridgehead atoms. The molecule has 1 aliphatic rings. The molecule has 98 valence electrons.